The molecule has 0 spiro atoms. The number of imidazole rings is 1. The molecular formula is C17H16FN3O3S. The SMILES string of the molecule is O=S(=O)(Nc1ccc2nc(C3CCCO3)[nH]c2c1)c1ccc(F)cc1. The molecule has 1 aliphatic rings. The summed E-state index contributed by atoms with van der Waals surface area (Å²) in [5.41, 5.74) is 1.87. The molecule has 8 heteroatoms. The van der Waals surface area contributed by atoms with Gasteiger partial charge in [-0.05, 0) is 55.3 Å². The molecule has 25 heavy (non-hydrogen) atoms. The van der Waals surface area contributed by atoms with Crippen molar-refractivity contribution >= 4 is 26.7 Å². The monoisotopic (exact) mass is 361 g/mol. The van der Waals surface area contributed by atoms with Crippen molar-refractivity contribution in [2.45, 2.75) is 23.8 Å². The predicted octanol–water partition coefficient (Wildman–Crippen LogP) is 3.35. The summed E-state index contributed by atoms with van der Waals surface area (Å²) in [5.74, 6) is 0.269. The van der Waals surface area contributed by atoms with Gasteiger partial charge in [-0.2, -0.15) is 0 Å². The van der Waals surface area contributed by atoms with Crippen molar-refractivity contribution in [2.75, 3.05) is 11.3 Å². The van der Waals surface area contributed by atoms with Gasteiger partial charge in [0.25, 0.3) is 10.0 Å². The number of hydrogen-bond donors (Lipinski definition) is 2. The Hall–Kier alpha value is -2.45. The second-order valence-corrected chi connectivity index (χ2v) is 7.60. The van der Waals surface area contributed by atoms with Crippen LogP contribution in [0.1, 0.15) is 24.8 Å². The van der Waals surface area contributed by atoms with Crippen LogP contribution in [0.4, 0.5) is 10.1 Å². The molecule has 6 nitrogen and oxygen atoms in total. The number of anilines is 1. The molecule has 2 aromatic carbocycles. The lowest BCUT2D eigenvalue weighted by Crippen LogP contribution is -2.12. The highest BCUT2D eigenvalue weighted by atomic mass is 32.2. The number of benzene rings is 2. The van der Waals surface area contributed by atoms with Gasteiger partial charge in [0.05, 0.1) is 21.6 Å². The Morgan fingerprint density at radius 3 is 2.72 bits per heavy atom. The van der Waals surface area contributed by atoms with Gasteiger partial charge in [-0.1, -0.05) is 0 Å². The van der Waals surface area contributed by atoms with E-state index in [0.717, 1.165) is 48.4 Å². The number of H-pyrrole nitrogens is 1. The fourth-order valence-electron chi connectivity index (χ4n) is 2.87. The highest BCUT2D eigenvalue weighted by molar-refractivity contribution is 7.92. The molecule has 2 heterocycles. The standard InChI is InChI=1S/C17H16FN3O3S/c18-11-3-6-13(7-4-11)25(22,23)21-12-5-8-14-15(10-12)20-17(19-14)16-2-1-9-24-16/h3-8,10,16,21H,1-2,9H2,(H,19,20). The first-order chi connectivity index (χ1) is 12.0. The van der Waals surface area contributed by atoms with Crippen molar-refractivity contribution < 1.29 is 17.5 Å². The van der Waals surface area contributed by atoms with E-state index in [-0.39, 0.29) is 11.0 Å². The van der Waals surface area contributed by atoms with E-state index >= 15 is 0 Å². The Balaban J connectivity index is 1.61. The highest BCUT2D eigenvalue weighted by Crippen LogP contribution is 2.29. The van der Waals surface area contributed by atoms with Gasteiger partial charge in [0.2, 0.25) is 0 Å². The van der Waals surface area contributed by atoms with Gasteiger partial charge in [-0.25, -0.2) is 17.8 Å². The summed E-state index contributed by atoms with van der Waals surface area (Å²) in [5, 5.41) is 0. The smallest absolute Gasteiger partial charge is 0.261 e. The van der Waals surface area contributed by atoms with Crippen LogP contribution in [-0.2, 0) is 14.8 Å². The first-order valence-electron chi connectivity index (χ1n) is 7.91. The fourth-order valence-corrected chi connectivity index (χ4v) is 3.92. The minimum absolute atomic E-state index is 0.00125. The predicted molar refractivity (Wildman–Crippen MR) is 91.2 cm³/mol. The van der Waals surface area contributed by atoms with Gasteiger partial charge in [0, 0.05) is 6.61 Å². The van der Waals surface area contributed by atoms with Gasteiger partial charge in [0.1, 0.15) is 17.7 Å². The van der Waals surface area contributed by atoms with E-state index in [1.807, 2.05) is 0 Å². The van der Waals surface area contributed by atoms with Gasteiger partial charge < -0.3 is 9.72 Å². The van der Waals surface area contributed by atoms with Crippen molar-refractivity contribution in [2.24, 2.45) is 0 Å². The van der Waals surface area contributed by atoms with E-state index in [4.69, 9.17) is 4.74 Å². The Labute approximate surface area is 144 Å². The molecule has 4 rings (SSSR count). The molecule has 2 N–H and O–H groups in total. The number of aromatic amines is 1. The third-order valence-electron chi connectivity index (χ3n) is 4.11. The van der Waals surface area contributed by atoms with E-state index in [9.17, 15) is 12.8 Å². The molecular weight excluding hydrogens is 345 g/mol. The second-order valence-electron chi connectivity index (χ2n) is 5.92. The van der Waals surface area contributed by atoms with Crippen molar-refractivity contribution in [3.8, 4) is 0 Å². The fraction of sp³-hybridized carbons (Fsp3) is 0.235. The number of halogens is 1. The summed E-state index contributed by atoms with van der Waals surface area (Å²) in [6.07, 6.45) is 1.89. The summed E-state index contributed by atoms with van der Waals surface area (Å²) in [7, 11) is -3.78. The summed E-state index contributed by atoms with van der Waals surface area (Å²) >= 11 is 0. The molecule has 0 radical (unpaired) electrons. The third kappa shape index (κ3) is 3.22. The molecule has 0 amide bonds. The summed E-state index contributed by atoms with van der Waals surface area (Å²) in [4.78, 5) is 7.69. The number of rotatable bonds is 4. The number of hydrogen-bond acceptors (Lipinski definition) is 4. The molecule has 1 fully saturated rings. The molecule has 0 saturated carbocycles. The lowest BCUT2D eigenvalue weighted by atomic mass is 10.2. The molecule has 1 aliphatic heterocycles. The molecule has 0 bridgehead atoms. The maximum atomic E-state index is 13.0. The normalized spacial score (nSPS) is 17.9. The van der Waals surface area contributed by atoms with Crippen molar-refractivity contribution in [1.29, 1.82) is 0 Å². The number of nitrogens with one attached hydrogen (secondary N) is 2. The van der Waals surface area contributed by atoms with Gasteiger partial charge in [-0.15, -0.1) is 0 Å². The van der Waals surface area contributed by atoms with Gasteiger partial charge >= 0.3 is 0 Å². The zero-order chi connectivity index (χ0) is 17.4. The molecule has 0 aliphatic carbocycles. The number of sulfonamides is 1. The maximum Gasteiger partial charge on any atom is 0.261 e. The number of fused-ring (bicyclic) bond motifs is 1. The molecule has 1 unspecified atom stereocenters. The Bertz CT molecular complexity index is 1010. The average molecular weight is 361 g/mol. The summed E-state index contributed by atoms with van der Waals surface area (Å²) < 4.78 is 45.8. The molecule has 1 aromatic heterocycles. The zero-order valence-corrected chi connectivity index (χ0v) is 14.0. The van der Waals surface area contributed by atoms with Crippen LogP contribution in [-0.4, -0.2) is 25.0 Å². The summed E-state index contributed by atoms with van der Waals surface area (Å²) in [6.45, 7) is 0.727. The quantitative estimate of drug-likeness (QED) is 0.746. The maximum absolute atomic E-state index is 13.0. The largest absolute Gasteiger partial charge is 0.370 e. The Kier molecular flexibility index (Phi) is 3.93. The van der Waals surface area contributed by atoms with E-state index in [2.05, 4.69) is 14.7 Å². The second kappa shape index (κ2) is 6.12. The van der Waals surface area contributed by atoms with Crippen LogP contribution in [0.3, 0.4) is 0 Å². The minimum atomic E-state index is -3.78. The molecule has 1 atom stereocenters. The number of ether oxygens (including phenoxy) is 1. The average Bonchev–Trinajstić information content (AvgIpc) is 3.23. The van der Waals surface area contributed by atoms with Crippen molar-refractivity contribution in [3.63, 3.8) is 0 Å². The van der Waals surface area contributed by atoms with Crippen molar-refractivity contribution in [1.82, 2.24) is 9.97 Å². The molecule has 1 saturated heterocycles. The Morgan fingerprint density at radius 1 is 1.20 bits per heavy atom. The van der Waals surface area contributed by atoms with E-state index in [1.165, 1.54) is 12.1 Å². The van der Waals surface area contributed by atoms with E-state index in [0.29, 0.717) is 5.69 Å². The van der Waals surface area contributed by atoms with Crippen LogP contribution in [0, 0.1) is 5.82 Å². The third-order valence-corrected chi connectivity index (χ3v) is 5.51. The lowest BCUT2D eigenvalue weighted by Gasteiger charge is -2.08. The van der Waals surface area contributed by atoms with Crippen molar-refractivity contribution in [3.05, 3.63) is 54.1 Å². The van der Waals surface area contributed by atoms with E-state index in [1.54, 1.807) is 18.2 Å². The first kappa shape index (κ1) is 16.0. The highest BCUT2D eigenvalue weighted by Gasteiger charge is 2.21. The molecule has 130 valence electrons. The van der Waals surface area contributed by atoms with Crippen LogP contribution in [0.2, 0.25) is 0 Å². The Morgan fingerprint density at radius 2 is 2.00 bits per heavy atom. The minimum Gasteiger partial charge on any atom is -0.370 e. The van der Waals surface area contributed by atoms with Crippen LogP contribution < -0.4 is 4.72 Å². The number of nitrogens with zero attached hydrogens (tertiary/aromatic N) is 1. The molecule has 3 aromatic rings. The zero-order valence-electron chi connectivity index (χ0n) is 13.2. The van der Waals surface area contributed by atoms with E-state index < -0.39 is 15.8 Å². The van der Waals surface area contributed by atoms with Crippen LogP contribution in [0.15, 0.2) is 47.4 Å². The van der Waals surface area contributed by atoms with Gasteiger partial charge in [0.15, 0.2) is 0 Å². The number of aromatic nitrogens is 2. The topological polar surface area (TPSA) is 84.1 Å². The van der Waals surface area contributed by atoms with Crippen LogP contribution in [0.5, 0.6) is 0 Å². The van der Waals surface area contributed by atoms with Gasteiger partial charge in [-0.3, -0.25) is 4.72 Å². The first-order valence-corrected chi connectivity index (χ1v) is 9.39. The van der Waals surface area contributed by atoms with Crippen LogP contribution >= 0.6 is 0 Å². The lowest BCUT2D eigenvalue weighted by molar-refractivity contribution is 0.106. The summed E-state index contributed by atoms with van der Waals surface area (Å²) in [6, 6.07) is 9.74. The van der Waals surface area contributed by atoms with Crippen LogP contribution in [0.25, 0.3) is 11.0 Å².